The molecule has 0 saturated carbocycles. The molecular formula is C22H16Cl3N4O4S2+. The van der Waals surface area contributed by atoms with E-state index in [9.17, 15) is 19.5 Å². The molecule has 35 heavy (non-hydrogen) atoms. The summed E-state index contributed by atoms with van der Waals surface area (Å²) in [4.78, 5) is 39.2. The summed E-state index contributed by atoms with van der Waals surface area (Å²) in [5.74, 6) is -1.76. The van der Waals surface area contributed by atoms with E-state index in [0.717, 1.165) is 11.8 Å². The van der Waals surface area contributed by atoms with Crippen LogP contribution in [-0.2, 0) is 20.9 Å². The molecule has 0 aliphatic carbocycles. The van der Waals surface area contributed by atoms with Crippen molar-refractivity contribution in [2.45, 2.75) is 22.9 Å². The Morgan fingerprint density at radius 1 is 1.29 bits per heavy atom. The van der Waals surface area contributed by atoms with Crippen molar-refractivity contribution in [3.63, 3.8) is 0 Å². The zero-order valence-corrected chi connectivity index (χ0v) is 21.6. The number of nitrogens with one attached hydrogen (secondary N) is 1. The predicted octanol–water partition coefficient (Wildman–Crippen LogP) is 3.34. The minimum Gasteiger partial charge on any atom is -0.477 e. The first-order valence-electron chi connectivity index (χ1n) is 10.1. The van der Waals surface area contributed by atoms with Crippen molar-refractivity contribution in [2.24, 2.45) is 0 Å². The number of benzene rings is 1. The maximum absolute atomic E-state index is 12.8. The molecule has 180 valence electrons. The summed E-state index contributed by atoms with van der Waals surface area (Å²) in [7, 11) is 0. The summed E-state index contributed by atoms with van der Waals surface area (Å²) >= 11 is 20.6. The van der Waals surface area contributed by atoms with Crippen molar-refractivity contribution < 1.29 is 24.1 Å². The largest absolute Gasteiger partial charge is 0.477 e. The van der Waals surface area contributed by atoms with Crippen LogP contribution in [0.3, 0.4) is 0 Å². The van der Waals surface area contributed by atoms with E-state index in [4.69, 9.17) is 40.1 Å². The van der Waals surface area contributed by atoms with Crippen LogP contribution < -0.4 is 9.88 Å². The van der Waals surface area contributed by atoms with E-state index in [1.54, 1.807) is 35.2 Å². The molecule has 1 aromatic heterocycles. The van der Waals surface area contributed by atoms with E-state index in [1.165, 1.54) is 22.7 Å². The number of hydrogen-bond acceptors (Lipinski definition) is 6. The lowest BCUT2D eigenvalue weighted by Gasteiger charge is -2.49. The maximum atomic E-state index is 12.8. The number of carbonyl (C=O) groups is 3. The first-order valence-corrected chi connectivity index (χ1v) is 13.2. The number of aromatic nitrogens is 1. The zero-order chi connectivity index (χ0) is 25.3. The zero-order valence-electron chi connectivity index (χ0n) is 17.7. The van der Waals surface area contributed by atoms with Crippen LogP contribution in [0, 0.1) is 11.3 Å². The highest BCUT2D eigenvalue weighted by Crippen LogP contribution is 2.40. The van der Waals surface area contributed by atoms with E-state index in [2.05, 4.69) is 5.32 Å². The Balaban J connectivity index is 1.43. The summed E-state index contributed by atoms with van der Waals surface area (Å²) < 4.78 is 1.70. The average Bonchev–Trinajstić information content (AvgIpc) is 2.83. The van der Waals surface area contributed by atoms with Gasteiger partial charge in [0.1, 0.15) is 28.7 Å². The van der Waals surface area contributed by atoms with Crippen LogP contribution in [0.25, 0.3) is 0 Å². The first kappa shape index (κ1) is 25.7. The molecule has 2 aliphatic heterocycles. The number of thioether (sulfide) groups is 2. The Bertz CT molecular complexity index is 1310. The molecule has 1 saturated heterocycles. The monoisotopic (exact) mass is 569 g/mol. The van der Waals surface area contributed by atoms with Gasteiger partial charge in [-0.1, -0.05) is 34.8 Å². The molecule has 1 fully saturated rings. The van der Waals surface area contributed by atoms with Gasteiger partial charge in [-0.3, -0.25) is 14.5 Å². The molecule has 3 heterocycles. The van der Waals surface area contributed by atoms with Gasteiger partial charge in [0.2, 0.25) is 5.91 Å². The number of aliphatic carboxylic acids is 1. The average molecular weight is 571 g/mol. The number of nitrogens with zero attached hydrogens (tertiary/aromatic N) is 3. The second-order valence-electron chi connectivity index (χ2n) is 7.57. The van der Waals surface area contributed by atoms with Gasteiger partial charge in [-0.05, 0) is 18.2 Å². The lowest BCUT2D eigenvalue weighted by Crippen LogP contribution is -2.70. The predicted molar refractivity (Wildman–Crippen MR) is 133 cm³/mol. The molecule has 0 unspecified atom stereocenters. The van der Waals surface area contributed by atoms with Crippen molar-refractivity contribution in [1.82, 2.24) is 10.2 Å². The Kier molecular flexibility index (Phi) is 7.83. The van der Waals surface area contributed by atoms with Gasteiger partial charge in [0.25, 0.3) is 5.91 Å². The van der Waals surface area contributed by atoms with E-state index in [1.807, 2.05) is 6.07 Å². The Hall–Kier alpha value is -2.42. The third-order valence-electron chi connectivity index (χ3n) is 5.26. The highest BCUT2D eigenvalue weighted by Gasteiger charge is 2.54. The van der Waals surface area contributed by atoms with Gasteiger partial charge < -0.3 is 10.4 Å². The Morgan fingerprint density at radius 2 is 2.03 bits per heavy atom. The van der Waals surface area contributed by atoms with Crippen LogP contribution in [0.4, 0.5) is 0 Å². The summed E-state index contributed by atoms with van der Waals surface area (Å²) in [6.45, 7) is 0.221. The van der Waals surface area contributed by atoms with Gasteiger partial charge in [-0.15, -0.1) is 23.5 Å². The fourth-order valence-corrected chi connectivity index (χ4v) is 6.56. The third kappa shape index (κ3) is 5.39. The van der Waals surface area contributed by atoms with Crippen LogP contribution in [0.1, 0.15) is 5.56 Å². The van der Waals surface area contributed by atoms with E-state index >= 15 is 0 Å². The van der Waals surface area contributed by atoms with E-state index in [-0.39, 0.29) is 18.0 Å². The van der Waals surface area contributed by atoms with E-state index in [0.29, 0.717) is 36.9 Å². The number of amides is 2. The van der Waals surface area contributed by atoms with Crippen molar-refractivity contribution in [3.8, 4) is 6.07 Å². The van der Waals surface area contributed by atoms with Gasteiger partial charge in [0.05, 0.1) is 20.8 Å². The second kappa shape index (κ2) is 10.7. The third-order valence-corrected chi connectivity index (χ3v) is 8.80. The fourth-order valence-electron chi connectivity index (χ4n) is 3.69. The normalized spacial score (nSPS) is 19.0. The quantitative estimate of drug-likeness (QED) is 0.227. The number of carboxylic acids is 1. The Labute approximate surface area is 223 Å². The smallest absolute Gasteiger partial charge is 0.352 e. The number of halogens is 3. The summed E-state index contributed by atoms with van der Waals surface area (Å²) in [6, 6.07) is 7.61. The van der Waals surface area contributed by atoms with E-state index < -0.39 is 29.2 Å². The molecule has 2 aliphatic rings. The molecule has 4 rings (SSSR count). The summed E-state index contributed by atoms with van der Waals surface area (Å²) in [6.07, 6.45) is 3.34. The minimum atomic E-state index is -1.22. The van der Waals surface area contributed by atoms with Crippen LogP contribution in [0.5, 0.6) is 0 Å². The molecule has 0 spiro atoms. The molecule has 0 bridgehead atoms. The number of nitriles is 1. The standard InChI is InChI=1S/C22H15Cl3N4O4S2/c23-13-4-15(25)16(5-14(13)24)34-10-17(30)27-18-20(31)29-19(22(32)33)12(9-35-21(18)29)8-28-3-1-2-11(6-26)7-28/h1-5,7,18,21H,8-10H2,(H-,27,30,32,33)/p+1/t18-,21+/m0/s1. The Morgan fingerprint density at radius 3 is 2.74 bits per heavy atom. The minimum absolute atomic E-state index is 0.0163. The number of carboxylic acid groups (broad SMARTS) is 1. The lowest BCUT2D eigenvalue weighted by molar-refractivity contribution is -0.689. The molecule has 2 N–H and O–H groups in total. The van der Waals surface area contributed by atoms with Gasteiger partial charge in [0, 0.05) is 22.3 Å². The second-order valence-corrected chi connectivity index (χ2v) is 10.9. The van der Waals surface area contributed by atoms with Crippen molar-refractivity contribution in [3.05, 3.63) is 68.6 Å². The maximum Gasteiger partial charge on any atom is 0.352 e. The van der Waals surface area contributed by atoms with Crippen LogP contribution in [0.2, 0.25) is 15.1 Å². The van der Waals surface area contributed by atoms with Crippen LogP contribution >= 0.6 is 58.3 Å². The van der Waals surface area contributed by atoms with Crippen LogP contribution in [0.15, 0.2) is 52.8 Å². The SMILES string of the molecule is N#Cc1ccc[n+](CC2=C(C(=O)O)N3C(=O)[C@H](NC(=O)CSc4cc(Cl)c(Cl)cc4Cl)[C@H]3SC2)c1. The number of rotatable bonds is 7. The number of β-lactam (4-membered cyclic amide) rings is 1. The lowest BCUT2D eigenvalue weighted by atomic mass is 10.0. The highest BCUT2D eigenvalue weighted by molar-refractivity contribution is 8.00. The van der Waals surface area contributed by atoms with Gasteiger partial charge in [0.15, 0.2) is 18.9 Å². The molecular weight excluding hydrogens is 555 g/mol. The fraction of sp³-hybridized carbons (Fsp3) is 0.227. The number of hydrogen-bond donors (Lipinski definition) is 2. The van der Waals surface area contributed by atoms with Gasteiger partial charge >= 0.3 is 5.97 Å². The molecule has 2 amide bonds. The highest BCUT2D eigenvalue weighted by atomic mass is 35.5. The molecule has 0 radical (unpaired) electrons. The van der Waals surface area contributed by atoms with Crippen molar-refractivity contribution in [1.29, 1.82) is 5.26 Å². The van der Waals surface area contributed by atoms with Crippen LogP contribution in [-0.4, -0.2) is 50.7 Å². The van der Waals surface area contributed by atoms with Gasteiger partial charge in [-0.2, -0.15) is 9.83 Å². The van der Waals surface area contributed by atoms with Crippen molar-refractivity contribution >= 4 is 76.1 Å². The molecule has 2 atom stereocenters. The number of fused-ring (bicyclic) bond motifs is 1. The molecule has 1 aromatic carbocycles. The first-order chi connectivity index (χ1) is 16.7. The number of pyridine rings is 1. The molecule has 13 heteroatoms. The molecule has 2 aromatic rings. The topological polar surface area (TPSA) is 114 Å². The summed E-state index contributed by atoms with van der Waals surface area (Å²) in [5, 5.41) is 22.1. The number of carbonyl (C=O) groups excluding carboxylic acids is 2. The van der Waals surface area contributed by atoms with Crippen molar-refractivity contribution in [2.75, 3.05) is 11.5 Å². The van der Waals surface area contributed by atoms with Gasteiger partial charge in [-0.25, -0.2) is 4.79 Å². The molecule has 8 nitrogen and oxygen atoms in total. The summed E-state index contributed by atoms with van der Waals surface area (Å²) in [5.41, 5.74) is 0.895.